The number of carbonyl (C=O) groups excluding carboxylic acids is 3. The Labute approximate surface area is 260 Å². The number of anilines is 2. The monoisotopic (exact) mass is 658 g/mol. The summed E-state index contributed by atoms with van der Waals surface area (Å²) in [5.74, 6) is -0.254. The highest BCUT2D eigenvalue weighted by Crippen LogP contribution is 2.38. The molecule has 2 atom stereocenters. The number of hydrogen-bond acceptors (Lipinski definition) is 6. The van der Waals surface area contributed by atoms with Crippen molar-refractivity contribution in [2.75, 3.05) is 43.7 Å². The predicted octanol–water partition coefficient (Wildman–Crippen LogP) is 4.43. The minimum absolute atomic E-state index is 0. The van der Waals surface area contributed by atoms with Gasteiger partial charge in [-0.15, -0.1) is 12.4 Å². The molecule has 9 nitrogen and oxygen atoms in total. The third-order valence-electron chi connectivity index (χ3n) is 7.96. The van der Waals surface area contributed by atoms with Crippen LogP contribution in [0.25, 0.3) is 10.8 Å². The Balaban J connectivity index is 0.00000405. The van der Waals surface area contributed by atoms with E-state index >= 15 is 0 Å². The number of carbonyl (C=O) groups is 3. The molecule has 3 aromatic rings. The van der Waals surface area contributed by atoms with E-state index < -0.39 is 12.1 Å². The minimum atomic E-state index is -0.954. The lowest BCUT2D eigenvalue weighted by molar-refractivity contribution is -0.129. The first-order chi connectivity index (χ1) is 19.8. The lowest BCUT2D eigenvalue weighted by atomic mass is 9.98. The Morgan fingerprint density at radius 2 is 1.81 bits per heavy atom. The van der Waals surface area contributed by atoms with Gasteiger partial charge in [0, 0.05) is 29.2 Å². The number of rotatable bonds is 7. The van der Waals surface area contributed by atoms with Crippen LogP contribution in [0.3, 0.4) is 0 Å². The highest BCUT2D eigenvalue weighted by molar-refractivity contribution is 9.10. The van der Waals surface area contributed by atoms with Crippen LogP contribution in [0.1, 0.15) is 25.3 Å². The lowest BCUT2D eigenvalue weighted by Gasteiger charge is -2.30. The third-order valence-corrected chi connectivity index (χ3v) is 8.45. The van der Waals surface area contributed by atoms with Crippen molar-refractivity contribution in [1.82, 2.24) is 10.6 Å². The first-order valence-electron chi connectivity index (χ1n) is 13.8. The Bertz CT molecular complexity index is 1460. The van der Waals surface area contributed by atoms with Crippen LogP contribution in [0, 0.1) is 5.92 Å². The fourth-order valence-electron chi connectivity index (χ4n) is 5.52. The van der Waals surface area contributed by atoms with E-state index in [1.54, 1.807) is 30.9 Å². The third kappa shape index (κ3) is 6.41. The van der Waals surface area contributed by atoms with Gasteiger partial charge in [-0.2, -0.15) is 0 Å². The summed E-state index contributed by atoms with van der Waals surface area (Å²) in [5, 5.41) is 7.79. The van der Waals surface area contributed by atoms with Crippen molar-refractivity contribution in [2.45, 2.75) is 38.4 Å². The SMILES string of the molecule is CNC(C)C(=O)NC1CN(C(=O)C2CCOCC2)c2ccccc2N(Cc2c(OC)ccc3cc(Br)ccc23)C1=O.Cl. The summed E-state index contributed by atoms with van der Waals surface area (Å²) in [6, 6.07) is 15.8. The first-order valence-corrected chi connectivity index (χ1v) is 14.6. The second-order valence-electron chi connectivity index (χ2n) is 10.4. The van der Waals surface area contributed by atoms with Crippen LogP contribution in [0.5, 0.6) is 5.75 Å². The Hall–Kier alpha value is -3.18. The molecule has 0 saturated carbocycles. The van der Waals surface area contributed by atoms with Crippen molar-refractivity contribution in [3.05, 3.63) is 64.6 Å². The van der Waals surface area contributed by atoms with E-state index in [1.807, 2.05) is 54.6 Å². The molecule has 2 aliphatic heterocycles. The van der Waals surface area contributed by atoms with Gasteiger partial charge in [-0.25, -0.2) is 0 Å². The molecule has 0 bridgehead atoms. The summed E-state index contributed by atoms with van der Waals surface area (Å²) in [6.45, 7) is 2.99. The Kier molecular flexibility index (Phi) is 10.5. The molecule has 224 valence electrons. The van der Waals surface area contributed by atoms with Crippen LogP contribution in [0.4, 0.5) is 11.4 Å². The average Bonchev–Trinajstić information content (AvgIpc) is 3.11. The topological polar surface area (TPSA) is 100 Å². The fraction of sp³-hybridized carbons (Fsp3) is 0.387. The van der Waals surface area contributed by atoms with Crippen molar-refractivity contribution in [3.63, 3.8) is 0 Å². The van der Waals surface area contributed by atoms with Crippen molar-refractivity contribution in [3.8, 4) is 5.75 Å². The zero-order valence-corrected chi connectivity index (χ0v) is 26.3. The molecule has 2 N–H and O–H groups in total. The maximum Gasteiger partial charge on any atom is 0.251 e. The average molecular weight is 660 g/mol. The number of halogens is 2. The fourth-order valence-corrected chi connectivity index (χ4v) is 5.89. The smallest absolute Gasteiger partial charge is 0.251 e. The molecule has 0 spiro atoms. The largest absolute Gasteiger partial charge is 0.496 e. The van der Waals surface area contributed by atoms with Gasteiger partial charge in [0.05, 0.1) is 37.6 Å². The van der Waals surface area contributed by atoms with Crippen molar-refractivity contribution >= 4 is 68.2 Å². The molecule has 0 radical (unpaired) electrons. The van der Waals surface area contributed by atoms with E-state index in [0.29, 0.717) is 43.2 Å². The van der Waals surface area contributed by atoms with Gasteiger partial charge in [0.2, 0.25) is 11.8 Å². The van der Waals surface area contributed by atoms with E-state index in [1.165, 1.54) is 0 Å². The molecule has 3 amide bonds. The summed E-state index contributed by atoms with van der Waals surface area (Å²) < 4.78 is 12.2. The molecule has 2 aliphatic rings. The minimum Gasteiger partial charge on any atom is -0.496 e. The summed E-state index contributed by atoms with van der Waals surface area (Å²) in [7, 11) is 3.30. The van der Waals surface area contributed by atoms with Gasteiger partial charge in [0.15, 0.2) is 0 Å². The Morgan fingerprint density at radius 3 is 2.50 bits per heavy atom. The van der Waals surface area contributed by atoms with Gasteiger partial charge in [-0.3, -0.25) is 14.4 Å². The Morgan fingerprint density at radius 1 is 1.10 bits per heavy atom. The van der Waals surface area contributed by atoms with Crippen LogP contribution in [0.15, 0.2) is 59.1 Å². The maximum atomic E-state index is 14.4. The van der Waals surface area contributed by atoms with E-state index in [-0.39, 0.29) is 49.1 Å². The normalized spacial score (nSPS) is 18.1. The van der Waals surface area contributed by atoms with Crippen molar-refractivity contribution in [1.29, 1.82) is 0 Å². The van der Waals surface area contributed by atoms with E-state index in [0.717, 1.165) is 20.8 Å². The quantitative estimate of drug-likeness (QED) is 0.390. The number of ether oxygens (including phenoxy) is 2. The van der Waals surface area contributed by atoms with Gasteiger partial charge < -0.3 is 29.9 Å². The highest BCUT2D eigenvalue weighted by Gasteiger charge is 2.39. The van der Waals surface area contributed by atoms with Crippen LogP contribution < -0.4 is 25.2 Å². The second-order valence-corrected chi connectivity index (χ2v) is 11.3. The molecule has 2 unspecified atom stereocenters. The molecule has 42 heavy (non-hydrogen) atoms. The lowest BCUT2D eigenvalue weighted by Crippen LogP contribution is -2.56. The zero-order valence-electron chi connectivity index (χ0n) is 23.9. The molecule has 1 fully saturated rings. The number of fused-ring (bicyclic) bond motifs is 2. The van der Waals surface area contributed by atoms with Gasteiger partial charge in [-0.05, 0) is 67.9 Å². The van der Waals surface area contributed by atoms with E-state index in [2.05, 4.69) is 26.6 Å². The summed E-state index contributed by atoms with van der Waals surface area (Å²) >= 11 is 3.55. The number of benzene rings is 3. The van der Waals surface area contributed by atoms with Crippen molar-refractivity contribution < 1.29 is 23.9 Å². The number of nitrogens with one attached hydrogen (secondary N) is 2. The van der Waals surface area contributed by atoms with Crippen LogP contribution in [0.2, 0.25) is 0 Å². The second kappa shape index (κ2) is 13.9. The number of likely N-dealkylation sites (N-methyl/N-ethyl adjacent to an activating group) is 1. The molecule has 2 heterocycles. The molecule has 11 heteroatoms. The standard InChI is InChI=1S/C31H35BrN4O5.ClH/c1-19(33-2)29(37)34-25-18-36(30(38)20-12-14-41-15-13-20)27-7-5-4-6-26(27)35(31(25)39)17-24-23-10-9-22(32)16-21(23)8-11-28(24)40-3;/h4-11,16,19-20,25,33H,12-15,17-18H2,1-3H3,(H,34,37);1H. The molecule has 5 rings (SSSR count). The summed E-state index contributed by atoms with van der Waals surface area (Å²) in [6.07, 6.45) is 1.23. The maximum absolute atomic E-state index is 14.4. The van der Waals surface area contributed by atoms with Gasteiger partial charge in [-0.1, -0.05) is 40.2 Å². The molecular formula is C31H36BrClN4O5. The molecule has 0 aliphatic carbocycles. The summed E-state index contributed by atoms with van der Waals surface area (Å²) in [5.41, 5.74) is 2.07. The number of hydrogen-bond donors (Lipinski definition) is 2. The molecular weight excluding hydrogens is 624 g/mol. The van der Waals surface area contributed by atoms with E-state index in [4.69, 9.17) is 9.47 Å². The molecule has 3 aromatic carbocycles. The summed E-state index contributed by atoms with van der Waals surface area (Å²) in [4.78, 5) is 44.7. The van der Waals surface area contributed by atoms with Gasteiger partial charge >= 0.3 is 0 Å². The van der Waals surface area contributed by atoms with Gasteiger partial charge in [0.25, 0.3) is 5.91 Å². The number of nitrogens with zero attached hydrogens (tertiary/aromatic N) is 2. The molecule has 1 saturated heterocycles. The van der Waals surface area contributed by atoms with Crippen LogP contribution in [-0.4, -0.2) is 63.7 Å². The highest BCUT2D eigenvalue weighted by atomic mass is 79.9. The van der Waals surface area contributed by atoms with Crippen LogP contribution in [-0.2, 0) is 25.7 Å². The zero-order chi connectivity index (χ0) is 29.1. The molecule has 0 aromatic heterocycles. The number of para-hydroxylation sites is 2. The first kappa shape index (κ1) is 31.7. The predicted molar refractivity (Wildman–Crippen MR) is 169 cm³/mol. The van der Waals surface area contributed by atoms with E-state index in [9.17, 15) is 14.4 Å². The van der Waals surface area contributed by atoms with Gasteiger partial charge in [0.1, 0.15) is 11.8 Å². The number of amides is 3. The van der Waals surface area contributed by atoms with Crippen molar-refractivity contribution in [2.24, 2.45) is 5.92 Å². The van der Waals surface area contributed by atoms with Crippen LogP contribution >= 0.6 is 28.3 Å². The number of methoxy groups -OCH3 is 1.